The Bertz CT molecular complexity index is 186. The van der Waals surface area contributed by atoms with Crippen LogP contribution < -0.4 is 5.73 Å². The van der Waals surface area contributed by atoms with Crippen LogP contribution in [-0.2, 0) is 0 Å². The maximum atomic E-state index is 5.90. The molecule has 0 radical (unpaired) electrons. The van der Waals surface area contributed by atoms with Gasteiger partial charge in [0.05, 0.1) is 0 Å². The molecule has 0 aliphatic carbocycles. The van der Waals surface area contributed by atoms with E-state index in [1.165, 1.54) is 44.9 Å². The smallest absolute Gasteiger partial charge is 0.191 e. The van der Waals surface area contributed by atoms with Gasteiger partial charge in [0.2, 0.25) is 0 Å². The van der Waals surface area contributed by atoms with Gasteiger partial charge >= 0.3 is 0 Å². The van der Waals surface area contributed by atoms with Crippen molar-refractivity contribution < 1.29 is 0 Å². The third-order valence-corrected chi connectivity index (χ3v) is 3.12. The zero-order valence-electron chi connectivity index (χ0n) is 12.0. The first kappa shape index (κ1) is 16.3. The summed E-state index contributed by atoms with van der Waals surface area (Å²) in [6, 6.07) is 0. The van der Waals surface area contributed by atoms with E-state index in [2.05, 4.69) is 30.7 Å². The number of nitrogens with zero attached hydrogens (tertiary/aromatic N) is 2. The van der Waals surface area contributed by atoms with Crippen molar-refractivity contribution in [3.8, 4) is 0 Å². The molecule has 0 amide bonds. The molecule has 2 N–H and O–H groups in total. The first-order valence-electron chi connectivity index (χ1n) is 7.31. The first-order chi connectivity index (χ1) is 8.26. The Balaban J connectivity index is 3.45. The lowest BCUT2D eigenvalue weighted by atomic mass is 10.1. The summed E-state index contributed by atoms with van der Waals surface area (Å²) in [5.74, 6) is 0.709. The molecule has 3 heteroatoms. The lowest BCUT2D eigenvalue weighted by Gasteiger charge is -2.19. The minimum atomic E-state index is 0.709. The van der Waals surface area contributed by atoms with Gasteiger partial charge in [-0.3, -0.25) is 4.99 Å². The topological polar surface area (TPSA) is 41.6 Å². The highest BCUT2D eigenvalue weighted by molar-refractivity contribution is 5.77. The largest absolute Gasteiger partial charge is 0.370 e. The van der Waals surface area contributed by atoms with Crippen LogP contribution in [0.25, 0.3) is 0 Å². The summed E-state index contributed by atoms with van der Waals surface area (Å²) in [5, 5.41) is 0. The van der Waals surface area contributed by atoms with Crippen LogP contribution in [0.1, 0.15) is 65.7 Å². The number of hydrogen-bond acceptors (Lipinski definition) is 1. The van der Waals surface area contributed by atoms with Crippen LogP contribution in [0.3, 0.4) is 0 Å². The lowest BCUT2D eigenvalue weighted by Crippen LogP contribution is -2.37. The van der Waals surface area contributed by atoms with E-state index in [0.717, 1.165) is 19.6 Å². The van der Waals surface area contributed by atoms with Crippen LogP contribution in [0.2, 0.25) is 0 Å². The predicted molar refractivity (Wildman–Crippen MR) is 77.4 cm³/mol. The second-order valence-corrected chi connectivity index (χ2v) is 4.53. The average Bonchev–Trinajstić information content (AvgIpc) is 2.34. The lowest BCUT2D eigenvalue weighted by molar-refractivity contribution is 0.457. The summed E-state index contributed by atoms with van der Waals surface area (Å²) < 4.78 is 0. The normalized spacial score (nSPS) is 11.8. The molecule has 0 aromatic carbocycles. The summed E-state index contributed by atoms with van der Waals surface area (Å²) in [6.45, 7) is 9.26. The fraction of sp³-hybridized carbons (Fsp3) is 0.929. The second kappa shape index (κ2) is 11.7. The van der Waals surface area contributed by atoms with Gasteiger partial charge in [0.25, 0.3) is 0 Å². The van der Waals surface area contributed by atoms with Crippen molar-refractivity contribution in [2.75, 3.05) is 19.6 Å². The number of hydrogen-bond donors (Lipinski definition) is 1. The van der Waals surface area contributed by atoms with Gasteiger partial charge in [-0.25, -0.2) is 0 Å². The zero-order chi connectivity index (χ0) is 12.9. The summed E-state index contributed by atoms with van der Waals surface area (Å²) in [4.78, 5) is 6.52. The molecule has 0 aliphatic heterocycles. The molecule has 0 spiro atoms. The van der Waals surface area contributed by atoms with Gasteiger partial charge in [0.1, 0.15) is 0 Å². The predicted octanol–water partition coefficient (Wildman–Crippen LogP) is 3.39. The van der Waals surface area contributed by atoms with Crippen LogP contribution in [0, 0.1) is 0 Å². The Kier molecular flexibility index (Phi) is 11.2. The maximum absolute atomic E-state index is 5.90. The monoisotopic (exact) mass is 241 g/mol. The molecule has 0 saturated carbocycles. The fourth-order valence-electron chi connectivity index (χ4n) is 1.91. The molecular formula is C14H31N3. The molecule has 0 aliphatic rings. The van der Waals surface area contributed by atoms with E-state index in [1.807, 2.05) is 0 Å². The number of aliphatic imine (C=N–C) groups is 1. The third kappa shape index (κ3) is 9.02. The van der Waals surface area contributed by atoms with Gasteiger partial charge in [0, 0.05) is 19.6 Å². The second-order valence-electron chi connectivity index (χ2n) is 4.53. The van der Waals surface area contributed by atoms with Crippen LogP contribution in [0.15, 0.2) is 4.99 Å². The Labute approximate surface area is 107 Å². The molecular weight excluding hydrogens is 210 g/mol. The molecule has 0 saturated heterocycles. The number of nitrogens with two attached hydrogens (primary N) is 1. The zero-order valence-corrected chi connectivity index (χ0v) is 12.0. The van der Waals surface area contributed by atoms with E-state index in [-0.39, 0.29) is 0 Å². The molecule has 3 nitrogen and oxygen atoms in total. The van der Waals surface area contributed by atoms with Crippen molar-refractivity contribution in [3.63, 3.8) is 0 Å². The van der Waals surface area contributed by atoms with Gasteiger partial charge in [-0.2, -0.15) is 0 Å². The number of unbranched alkanes of at least 4 members (excludes halogenated alkanes) is 6. The first-order valence-corrected chi connectivity index (χ1v) is 7.31. The minimum absolute atomic E-state index is 0.709. The van der Waals surface area contributed by atoms with E-state index in [4.69, 9.17) is 5.73 Å². The van der Waals surface area contributed by atoms with E-state index >= 15 is 0 Å². The van der Waals surface area contributed by atoms with Crippen LogP contribution in [0.4, 0.5) is 0 Å². The van der Waals surface area contributed by atoms with E-state index in [1.54, 1.807) is 0 Å². The Morgan fingerprint density at radius 2 is 1.41 bits per heavy atom. The molecule has 0 aromatic rings. The highest BCUT2D eigenvalue weighted by atomic mass is 15.2. The summed E-state index contributed by atoms with van der Waals surface area (Å²) in [6.07, 6.45) is 9.29. The molecule has 17 heavy (non-hydrogen) atoms. The molecule has 0 fully saturated rings. The van der Waals surface area contributed by atoms with Crippen molar-refractivity contribution >= 4 is 5.96 Å². The maximum Gasteiger partial charge on any atom is 0.191 e. The van der Waals surface area contributed by atoms with Crippen LogP contribution in [-0.4, -0.2) is 30.5 Å². The highest BCUT2D eigenvalue weighted by Gasteiger charge is 2.00. The molecule has 0 heterocycles. The summed E-state index contributed by atoms with van der Waals surface area (Å²) >= 11 is 0. The van der Waals surface area contributed by atoms with Gasteiger partial charge in [0.15, 0.2) is 5.96 Å². The summed E-state index contributed by atoms with van der Waals surface area (Å²) in [7, 11) is 0. The fourth-order valence-corrected chi connectivity index (χ4v) is 1.91. The Hall–Kier alpha value is -0.730. The molecule has 0 rings (SSSR count). The highest BCUT2D eigenvalue weighted by Crippen LogP contribution is 2.06. The van der Waals surface area contributed by atoms with Crippen molar-refractivity contribution in [2.24, 2.45) is 10.7 Å². The van der Waals surface area contributed by atoms with E-state index in [0.29, 0.717) is 5.96 Å². The molecule has 102 valence electrons. The summed E-state index contributed by atoms with van der Waals surface area (Å²) in [5.41, 5.74) is 5.90. The van der Waals surface area contributed by atoms with Gasteiger partial charge < -0.3 is 10.6 Å². The van der Waals surface area contributed by atoms with Crippen LogP contribution in [0.5, 0.6) is 0 Å². The standard InChI is InChI=1S/C14H31N3/c1-4-7-8-9-10-11-12-13-16-14(15)17(5-2)6-3/h4-13H2,1-3H3,(H2,15,16). The molecule has 0 atom stereocenters. The van der Waals surface area contributed by atoms with E-state index in [9.17, 15) is 0 Å². The minimum Gasteiger partial charge on any atom is -0.370 e. The number of rotatable bonds is 10. The Morgan fingerprint density at radius 1 is 0.882 bits per heavy atom. The van der Waals surface area contributed by atoms with Crippen LogP contribution >= 0.6 is 0 Å². The quantitative estimate of drug-likeness (QED) is 0.362. The SMILES string of the molecule is CCCCCCCCCN=C(N)N(CC)CC. The van der Waals surface area contributed by atoms with Gasteiger partial charge in [-0.15, -0.1) is 0 Å². The number of guanidine groups is 1. The molecule has 0 aromatic heterocycles. The van der Waals surface area contributed by atoms with Crippen molar-refractivity contribution in [1.82, 2.24) is 4.90 Å². The van der Waals surface area contributed by atoms with Gasteiger partial charge in [-0.1, -0.05) is 45.4 Å². The average molecular weight is 241 g/mol. The molecule has 0 bridgehead atoms. The Morgan fingerprint density at radius 3 is 1.94 bits per heavy atom. The van der Waals surface area contributed by atoms with E-state index < -0.39 is 0 Å². The van der Waals surface area contributed by atoms with Crippen molar-refractivity contribution in [3.05, 3.63) is 0 Å². The van der Waals surface area contributed by atoms with Gasteiger partial charge in [-0.05, 0) is 20.3 Å². The van der Waals surface area contributed by atoms with Crippen molar-refractivity contribution in [2.45, 2.75) is 65.7 Å². The third-order valence-electron chi connectivity index (χ3n) is 3.12. The van der Waals surface area contributed by atoms with Crippen molar-refractivity contribution in [1.29, 1.82) is 0 Å². The molecule has 0 unspecified atom stereocenters.